The van der Waals surface area contributed by atoms with Crippen molar-refractivity contribution in [3.05, 3.63) is 66.0 Å². The molecule has 5 rings (SSSR count). The van der Waals surface area contributed by atoms with E-state index in [1.165, 1.54) is 6.20 Å². The van der Waals surface area contributed by atoms with E-state index in [0.717, 1.165) is 46.1 Å². The summed E-state index contributed by atoms with van der Waals surface area (Å²) in [6.45, 7) is 3.80. The molecule has 3 heterocycles. The lowest BCUT2D eigenvalue weighted by atomic mass is 10.0. The van der Waals surface area contributed by atoms with Crippen molar-refractivity contribution >= 4 is 34.2 Å². The molecule has 160 valence electrons. The molecule has 1 aromatic carbocycles. The average Bonchev–Trinajstić information content (AvgIpc) is 3.54. The number of benzene rings is 1. The van der Waals surface area contributed by atoms with E-state index < -0.39 is 0 Å². The first-order chi connectivity index (χ1) is 15.5. The van der Waals surface area contributed by atoms with E-state index >= 15 is 0 Å². The van der Waals surface area contributed by atoms with E-state index in [0.29, 0.717) is 11.5 Å². The zero-order valence-electron chi connectivity index (χ0n) is 17.8. The number of carbonyl (C=O) groups is 2. The second kappa shape index (κ2) is 7.88. The molecule has 0 bridgehead atoms. The highest BCUT2D eigenvalue weighted by Gasteiger charge is 2.29. The predicted molar refractivity (Wildman–Crippen MR) is 122 cm³/mol. The summed E-state index contributed by atoms with van der Waals surface area (Å²) in [6.07, 6.45) is 8.49. The van der Waals surface area contributed by atoms with Crippen molar-refractivity contribution in [3.63, 3.8) is 0 Å². The molecule has 4 aromatic rings. The summed E-state index contributed by atoms with van der Waals surface area (Å²) in [6, 6.07) is 7.74. The number of amides is 2. The fourth-order valence-electron chi connectivity index (χ4n) is 3.65. The number of aromatic amines is 1. The molecule has 8 nitrogen and oxygen atoms in total. The van der Waals surface area contributed by atoms with Gasteiger partial charge < -0.3 is 15.6 Å². The third-order valence-corrected chi connectivity index (χ3v) is 5.47. The maximum atomic E-state index is 12.7. The van der Waals surface area contributed by atoms with Crippen LogP contribution in [0, 0.1) is 19.8 Å². The molecule has 0 saturated heterocycles. The van der Waals surface area contributed by atoms with Crippen LogP contribution in [0.4, 0.5) is 11.5 Å². The van der Waals surface area contributed by atoms with Gasteiger partial charge in [0.1, 0.15) is 11.5 Å². The molecule has 3 N–H and O–H groups in total. The van der Waals surface area contributed by atoms with Crippen molar-refractivity contribution in [2.45, 2.75) is 26.7 Å². The van der Waals surface area contributed by atoms with Gasteiger partial charge in [0, 0.05) is 35.5 Å². The second-order valence-corrected chi connectivity index (χ2v) is 8.13. The molecule has 1 aliphatic rings. The van der Waals surface area contributed by atoms with Gasteiger partial charge in [-0.3, -0.25) is 14.6 Å². The molecule has 3 aromatic heterocycles. The van der Waals surface area contributed by atoms with E-state index in [-0.39, 0.29) is 23.4 Å². The van der Waals surface area contributed by atoms with Crippen molar-refractivity contribution in [2.75, 3.05) is 10.6 Å². The molecule has 1 fully saturated rings. The summed E-state index contributed by atoms with van der Waals surface area (Å²) in [4.78, 5) is 40.6. The number of hydrogen-bond acceptors (Lipinski definition) is 5. The quantitative estimate of drug-likeness (QED) is 0.442. The monoisotopic (exact) mass is 426 g/mol. The number of pyridine rings is 1. The van der Waals surface area contributed by atoms with Crippen LogP contribution in [-0.2, 0) is 4.79 Å². The molecule has 0 spiro atoms. The number of aromatic nitrogens is 4. The first-order valence-electron chi connectivity index (χ1n) is 10.5. The molecule has 0 unspecified atom stereocenters. The van der Waals surface area contributed by atoms with E-state index in [2.05, 4.69) is 36.6 Å². The highest BCUT2D eigenvalue weighted by atomic mass is 16.2. The number of anilines is 2. The van der Waals surface area contributed by atoms with Gasteiger partial charge in [-0.15, -0.1) is 0 Å². The van der Waals surface area contributed by atoms with Crippen molar-refractivity contribution in [1.82, 2.24) is 19.9 Å². The van der Waals surface area contributed by atoms with E-state index in [1.54, 1.807) is 12.4 Å². The molecular weight excluding hydrogens is 404 g/mol. The third-order valence-electron chi connectivity index (χ3n) is 5.47. The molecule has 1 saturated carbocycles. The summed E-state index contributed by atoms with van der Waals surface area (Å²) in [5.74, 6) is 0.344. The normalized spacial score (nSPS) is 13.2. The Bertz CT molecular complexity index is 1340. The van der Waals surface area contributed by atoms with Gasteiger partial charge in [0.05, 0.1) is 23.1 Å². The van der Waals surface area contributed by atoms with Crippen LogP contribution in [-0.4, -0.2) is 31.8 Å². The summed E-state index contributed by atoms with van der Waals surface area (Å²) < 4.78 is 0. The van der Waals surface area contributed by atoms with Crippen LogP contribution < -0.4 is 10.6 Å². The average molecular weight is 426 g/mol. The number of aryl methyl sites for hydroxylation is 2. The Morgan fingerprint density at radius 1 is 1.03 bits per heavy atom. The van der Waals surface area contributed by atoms with Crippen molar-refractivity contribution in [3.8, 4) is 11.1 Å². The van der Waals surface area contributed by atoms with Crippen LogP contribution in [0.25, 0.3) is 22.0 Å². The Hall–Kier alpha value is -4.07. The molecule has 0 radical (unpaired) electrons. The van der Waals surface area contributed by atoms with Gasteiger partial charge in [0.15, 0.2) is 0 Å². The Morgan fingerprint density at radius 3 is 2.62 bits per heavy atom. The minimum Gasteiger partial charge on any atom is -0.359 e. The molecule has 1 aliphatic carbocycles. The number of nitrogens with zero attached hydrogens (tertiary/aromatic N) is 3. The minimum absolute atomic E-state index is 0.0219. The smallest absolute Gasteiger partial charge is 0.275 e. The Kier molecular flexibility index (Phi) is 4.89. The zero-order valence-corrected chi connectivity index (χ0v) is 17.8. The van der Waals surface area contributed by atoms with Crippen LogP contribution in [0.2, 0.25) is 0 Å². The summed E-state index contributed by atoms with van der Waals surface area (Å²) in [7, 11) is 0. The lowest BCUT2D eigenvalue weighted by molar-refractivity contribution is -0.117. The molecule has 2 amide bonds. The van der Waals surface area contributed by atoms with Gasteiger partial charge >= 0.3 is 0 Å². The van der Waals surface area contributed by atoms with E-state index in [1.807, 2.05) is 38.2 Å². The Morgan fingerprint density at radius 2 is 1.88 bits per heavy atom. The van der Waals surface area contributed by atoms with Crippen LogP contribution in [0.5, 0.6) is 0 Å². The summed E-state index contributed by atoms with van der Waals surface area (Å²) in [5, 5.41) is 6.80. The number of fused-ring (bicyclic) bond motifs is 1. The lowest BCUT2D eigenvalue weighted by Crippen LogP contribution is -2.14. The maximum Gasteiger partial charge on any atom is 0.275 e. The molecule has 8 heteroatoms. The highest BCUT2D eigenvalue weighted by molar-refractivity contribution is 6.10. The minimum atomic E-state index is -0.325. The Balaban J connectivity index is 1.47. The van der Waals surface area contributed by atoms with Gasteiger partial charge in [-0.05, 0) is 62.1 Å². The molecule has 32 heavy (non-hydrogen) atoms. The number of hydrogen-bond donors (Lipinski definition) is 3. The number of rotatable bonds is 5. The SMILES string of the molecule is Cc1cc(NC(=O)c2cnc(C)cn2)c2[nH]cc(-c3ccnc(NC(=O)C4CC4)c3)c2c1. The largest absolute Gasteiger partial charge is 0.359 e. The standard InChI is InChI=1S/C24H22N6O2/c1-13-7-17-18(16-5-6-25-21(9-16)30-23(31)15-3-4-15)11-28-22(17)19(8-13)29-24(32)20-12-26-14(2)10-27-20/h5-12,15,28H,3-4H2,1-2H3,(H,29,32)(H,25,30,31). The topological polar surface area (TPSA) is 113 Å². The van der Waals surface area contributed by atoms with Crippen LogP contribution in [0.1, 0.15) is 34.6 Å². The first kappa shape index (κ1) is 19.9. The van der Waals surface area contributed by atoms with Crippen molar-refractivity contribution < 1.29 is 9.59 Å². The van der Waals surface area contributed by atoms with E-state index in [9.17, 15) is 9.59 Å². The summed E-state index contributed by atoms with van der Waals surface area (Å²) in [5.41, 5.74) is 5.35. The maximum absolute atomic E-state index is 12.7. The fraction of sp³-hybridized carbons (Fsp3) is 0.208. The van der Waals surface area contributed by atoms with Crippen molar-refractivity contribution in [2.24, 2.45) is 5.92 Å². The third kappa shape index (κ3) is 3.94. The molecule has 0 aliphatic heterocycles. The highest BCUT2D eigenvalue weighted by Crippen LogP contribution is 2.35. The van der Waals surface area contributed by atoms with Gasteiger partial charge in [-0.2, -0.15) is 0 Å². The van der Waals surface area contributed by atoms with E-state index in [4.69, 9.17) is 0 Å². The van der Waals surface area contributed by atoms with Crippen LogP contribution >= 0.6 is 0 Å². The Labute approximate surface area is 184 Å². The van der Waals surface area contributed by atoms with Gasteiger partial charge in [0.2, 0.25) is 5.91 Å². The van der Waals surface area contributed by atoms with Crippen molar-refractivity contribution in [1.29, 1.82) is 0 Å². The van der Waals surface area contributed by atoms with Gasteiger partial charge in [-0.1, -0.05) is 0 Å². The zero-order chi connectivity index (χ0) is 22.2. The first-order valence-corrected chi connectivity index (χ1v) is 10.5. The van der Waals surface area contributed by atoms with Crippen LogP contribution in [0.3, 0.4) is 0 Å². The molecule has 0 atom stereocenters. The predicted octanol–water partition coefficient (Wildman–Crippen LogP) is 4.24. The van der Waals surface area contributed by atoms with Crippen LogP contribution in [0.15, 0.2) is 49.1 Å². The summed E-state index contributed by atoms with van der Waals surface area (Å²) >= 11 is 0. The number of carbonyl (C=O) groups excluding carboxylic acids is 2. The van der Waals surface area contributed by atoms with Gasteiger partial charge in [-0.25, -0.2) is 9.97 Å². The molecular formula is C24H22N6O2. The number of nitrogens with one attached hydrogen (secondary N) is 3. The fourth-order valence-corrected chi connectivity index (χ4v) is 3.65. The lowest BCUT2D eigenvalue weighted by Gasteiger charge is -2.09. The van der Waals surface area contributed by atoms with Gasteiger partial charge in [0.25, 0.3) is 5.91 Å². The number of H-pyrrole nitrogens is 1. The second-order valence-electron chi connectivity index (χ2n) is 8.13.